The van der Waals surface area contributed by atoms with Gasteiger partial charge in [-0.05, 0) is 40.0 Å². The zero-order valence-corrected chi connectivity index (χ0v) is 10.3. The Morgan fingerprint density at radius 2 is 2.25 bits per heavy atom. The molecule has 1 aromatic heterocycles. The summed E-state index contributed by atoms with van der Waals surface area (Å²) in [5.74, 6) is 1.69. The van der Waals surface area contributed by atoms with Gasteiger partial charge < -0.3 is 4.52 Å². The molecule has 2 aliphatic heterocycles. The van der Waals surface area contributed by atoms with E-state index in [9.17, 15) is 0 Å². The van der Waals surface area contributed by atoms with E-state index in [2.05, 4.69) is 30.0 Å². The molecular weight excluding hydrogens is 200 g/mol. The van der Waals surface area contributed by atoms with E-state index >= 15 is 0 Å². The van der Waals surface area contributed by atoms with Gasteiger partial charge in [-0.2, -0.15) is 0 Å². The number of aromatic nitrogens is 1. The van der Waals surface area contributed by atoms with E-state index in [4.69, 9.17) is 4.52 Å². The molecule has 2 aliphatic rings. The summed E-state index contributed by atoms with van der Waals surface area (Å²) in [5, 5.41) is 4.02. The molecule has 2 fully saturated rings. The maximum atomic E-state index is 5.45. The van der Waals surface area contributed by atoms with Crippen LogP contribution in [-0.4, -0.2) is 28.2 Å². The minimum absolute atomic E-state index is 0.586. The minimum atomic E-state index is 0.586. The van der Waals surface area contributed by atoms with Crippen LogP contribution in [-0.2, 0) is 0 Å². The summed E-state index contributed by atoms with van der Waals surface area (Å²) >= 11 is 0. The summed E-state index contributed by atoms with van der Waals surface area (Å²) in [7, 11) is 0. The molecule has 3 heterocycles. The zero-order valence-electron chi connectivity index (χ0n) is 10.3. The van der Waals surface area contributed by atoms with Crippen LogP contribution in [0.4, 0.5) is 0 Å². The first kappa shape index (κ1) is 10.3. The Kier molecular flexibility index (Phi) is 2.32. The summed E-state index contributed by atoms with van der Waals surface area (Å²) in [6, 6.07) is 4.24. The fraction of sp³-hybridized carbons (Fsp3) is 0.769. The Bertz CT molecular complexity index is 385. The lowest BCUT2D eigenvalue weighted by Crippen LogP contribution is -2.35. The molecule has 3 rings (SSSR count). The van der Waals surface area contributed by atoms with Crippen molar-refractivity contribution in [1.29, 1.82) is 0 Å². The van der Waals surface area contributed by atoms with Crippen LogP contribution in [0.25, 0.3) is 0 Å². The van der Waals surface area contributed by atoms with E-state index < -0.39 is 0 Å². The lowest BCUT2D eigenvalue weighted by Gasteiger charge is -2.27. The number of hydrogen-bond acceptors (Lipinski definition) is 3. The van der Waals surface area contributed by atoms with Crippen LogP contribution in [0.5, 0.6) is 0 Å². The first-order valence-electron chi connectivity index (χ1n) is 6.37. The Labute approximate surface area is 96.8 Å². The molecule has 3 heteroatoms. The molecule has 0 spiro atoms. The Balaban J connectivity index is 1.85. The molecule has 3 atom stereocenters. The van der Waals surface area contributed by atoms with E-state index in [1.54, 1.807) is 0 Å². The summed E-state index contributed by atoms with van der Waals surface area (Å²) in [4.78, 5) is 2.68. The molecule has 16 heavy (non-hydrogen) atoms. The second-order valence-electron chi connectivity index (χ2n) is 5.55. The number of rotatable bonds is 2. The van der Waals surface area contributed by atoms with Crippen molar-refractivity contribution in [2.45, 2.75) is 64.1 Å². The first-order valence-corrected chi connectivity index (χ1v) is 6.37. The van der Waals surface area contributed by atoms with Crippen molar-refractivity contribution < 1.29 is 4.52 Å². The third kappa shape index (κ3) is 1.41. The molecule has 0 saturated carbocycles. The van der Waals surface area contributed by atoms with Crippen molar-refractivity contribution in [3.63, 3.8) is 0 Å². The predicted molar refractivity (Wildman–Crippen MR) is 62.4 cm³/mol. The molecular formula is C13H20N2O. The van der Waals surface area contributed by atoms with Gasteiger partial charge in [0.15, 0.2) is 0 Å². The quantitative estimate of drug-likeness (QED) is 0.767. The second kappa shape index (κ2) is 3.59. The average molecular weight is 220 g/mol. The third-order valence-electron chi connectivity index (χ3n) is 4.20. The molecule has 88 valence electrons. The van der Waals surface area contributed by atoms with E-state index in [0.717, 1.165) is 17.5 Å². The van der Waals surface area contributed by atoms with Gasteiger partial charge in [-0.1, -0.05) is 5.16 Å². The van der Waals surface area contributed by atoms with Gasteiger partial charge in [0.25, 0.3) is 0 Å². The normalized spacial score (nSPS) is 34.1. The summed E-state index contributed by atoms with van der Waals surface area (Å²) in [6.07, 6.45) is 3.96. The van der Waals surface area contributed by atoms with Gasteiger partial charge in [0, 0.05) is 30.1 Å². The highest BCUT2D eigenvalue weighted by molar-refractivity contribution is 5.18. The smallest absolute Gasteiger partial charge is 0.141 e. The topological polar surface area (TPSA) is 29.3 Å². The molecule has 3 nitrogen and oxygen atoms in total. The van der Waals surface area contributed by atoms with Crippen LogP contribution in [0.2, 0.25) is 0 Å². The van der Waals surface area contributed by atoms with Gasteiger partial charge in [-0.25, -0.2) is 0 Å². The minimum Gasteiger partial charge on any atom is -0.361 e. The second-order valence-corrected chi connectivity index (χ2v) is 5.55. The van der Waals surface area contributed by atoms with Crippen molar-refractivity contribution in [3.8, 4) is 0 Å². The van der Waals surface area contributed by atoms with Gasteiger partial charge in [0.2, 0.25) is 0 Å². The van der Waals surface area contributed by atoms with Crippen molar-refractivity contribution in [3.05, 3.63) is 17.5 Å². The maximum absolute atomic E-state index is 5.45. The van der Waals surface area contributed by atoms with E-state index in [-0.39, 0.29) is 0 Å². The highest BCUT2D eigenvalue weighted by Gasteiger charge is 2.48. The van der Waals surface area contributed by atoms with Crippen molar-refractivity contribution in [2.75, 3.05) is 0 Å². The Morgan fingerprint density at radius 1 is 1.44 bits per heavy atom. The van der Waals surface area contributed by atoms with Crippen molar-refractivity contribution >= 4 is 0 Å². The molecule has 0 amide bonds. The van der Waals surface area contributed by atoms with Gasteiger partial charge in [0.05, 0.1) is 5.69 Å². The fourth-order valence-corrected chi connectivity index (χ4v) is 3.70. The van der Waals surface area contributed by atoms with E-state index in [1.807, 2.05) is 6.92 Å². The summed E-state index contributed by atoms with van der Waals surface area (Å²) in [6.45, 7) is 6.61. The third-order valence-corrected chi connectivity index (χ3v) is 4.20. The molecule has 0 aliphatic carbocycles. The molecule has 2 bridgehead atoms. The first-order chi connectivity index (χ1) is 7.66. The molecule has 1 aromatic rings. The highest BCUT2D eigenvalue weighted by atomic mass is 16.5. The van der Waals surface area contributed by atoms with Gasteiger partial charge in [0.1, 0.15) is 5.76 Å². The SMILES string of the molecule is Cc1cc([C@H]2C[C@@H]3CC[C@H]2N3C(C)C)on1. The highest BCUT2D eigenvalue weighted by Crippen LogP contribution is 2.47. The molecule has 0 unspecified atom stereocenters. The van der Waals surface area contributed by atoms with Crippen LogP contribution >= 0.6 is 0 Å². The van der Waals surface area contributed by atoms with Crippen LogP contribution < -0.4 is 0 Å². The van der Waals surface area contributed by atoms with Crippen molar-refractivity contribution in [1.82, 2.24) is 10.1 Å². The number of hydrogen-bond donors (Lipinski definition) is 0. The number of nitrogens with zero attached hydrogens (tertiary/aromatic N) is 2. The summed E-state index contributed by atoms with van der Waals surface area (Å²) < 4.78 is 5.45. The van der Waals surface area contributed by atoms with Crippen LogP contribution in [0.1, 0.15) is 50.5 Å². The largest absolute Gasteiger partial charge is 0.361 e. The standard InChI is InChI=1S/C13H20N2O/c1-8(2)15-10-4-5-12(15)11(7-10)13-6-9(3)14-16-13/h6,8,10-12H,4-5,7H2,1-3H3/t10-,11-,12+/m0/s1. The summed E-state index contributed by atoms with van der Waals surface area (Å²) in [5.41, 5.74) is 1.01. The molecule has 0 N–H and O–H groups in total. The lowest BCUT2D eigenvalue weighted by atomic mass is 9.87. The lowest BCUT2D eigenvalue weighted by molar-refractivity contribution is 0.192. The van der Waals surface area contributed by atoms with Crippen LogP contribution in [0, 0.1) is 6.92 Å². The fourth-order valence-electron chi connectivity index (χ4n) is 3.70. The number of fused-ring (bicyclic) bond motifs is 2. The molecule has 0 aromatic carbocycles. The predicted octanol–water partition coefficient (Wildman–Crippen LogP) is 2.71. The Morgan fingerprint density at radius 3 is 2.81 bits per heavy atom. The van der Waals surface area contributed by atoms with Gasteiger partial charge >= 0.3 is 0 Å². The maximum Gasteiger partial charge on any atom is 0.141 e. The van der Waals surface area contributed by atoms with Crippen LogP contribution in [0.3, 0.4) is 0 Å². The monoisotopic (exact) mass is 220 g/mol. The molecule has 0 radical (unpaired) electrons. The van der Waals surface area contributed by atoms with Gasteiger partial charge in [-0.15, -0.1) is 0 Å². The van der Waals surface area contributed by atoms with E-state index in [0.29, 0.717) is 18.0 Å². The van der Waals surface area contributed by atoms with Crippen LogP contribution in [0.15, 0.2) is 10.6 Å². The molecule has 2 saturated heterocycles. The Hall–Kier alpha value is -0.830. The van der Waals surface area contributed by atoms with Crippen molar-refractivity contribution in [2.24, 2.45) is 0 Å². The number of aryl methyl sites for hydroxylation is 1. The van der Waals surface area contributed by atoms with Gasteiger partial charge in [-0.3, -0.25) is 4.90 Å². The van der Waals surface area contributed by atoms with E-state index in [1.165, 1.54) is 19.3 Å². The average Bonchev–Trinajstić information content (AvgIpc) is 2.89. The zero-order chi connectivity index (χ0) is 11.3.